The third kappa shape index (κ3) is 6.02. The van der Waals surface area contributed by atoms with Crippen LogP contribution in [0.3, 0.4) is 0 Å². The molecule has 1 atom stereocenters. The predicted octanol–water partition coefficient (Wildman–Crippen LogP) is 4.87. The van der Waals surface area contributed by atoms with Crippen LogP contribution in [-0.2, 0) is 19.6 Å². The van der Waals surface area contributed by atoms with Gasteiger partial charge in [-0.2, -0.15) is 0 Å². The normalized spacial score (nSPS) is 12.1. The van der Waals surface area contributed by atoms with Crippen molar-refractivity contribution in [2.45, 2.75) is 39.0 Å². The van der Waals surface area contributed by atoms with E-state index in [9.17, 15) is 9.18 Å². The van der Waals surface area contributed by atoms with Crippen molar-refractivity contribution in [2.75, 3.05) is 14.2 Å². The summed E-state index contributed by atoms with van der Waals surface area (Å²) < 4.78 is 25.9. The van der Waals surface area contributed by atoms with Gasteiger partial charge < -0.3 is 14.5 Å². The number of rotatable bonds is 11. The Labute approximate surface area is 231 Å². The van der Waals surface area contributed by atoms with Gasteiger partial charge in [0.05, 0.1) is 26.8 Å². The number of hydrogen-bond acceptors (Lipinski definition) is 7. The SMILES string of the molecule is CC[C@@H](c1nnnn1Cc1ccc(F)cc1)N(Cc1ccc(OC)cc1)Cc1cc2cc(OC)ccc2[nH]c1=O. The fourth-order valence-electron chi connectivity index (χ4n) is 4.86. The van der Waals surface area contributed by atoms with E-state index >= 15 is 0 Å². The van der Waals surface area contributed by atoms with Gasteiger partial charge in [-0.3, -0.25) is 9.69 Å². The Morgan fingerprint density at radius 3 is 2.33 bits per heavy atom. The highest BCUT2D eigenvalue weighted by molar-refractivity contribution is 5.80. The highest BCUT2D eigenvalue weighted by Crippen LogP contribution is 2.28. The molecule has 0 amide bonds. The Bertz CT molecular complexity index is 1630. The first-order chi connectivity index (χ1) is 19.5. The van der Waals surface area contributed by atoms with E-state index < -0.39 is 0 Å². The van der Waals surface area contributed by atoms with Crippen LogP contribution in [0.25, 0.3) is 10.9 Å². The molecule has 0 radical (unpaired) electrons. The maximum Gasteiger partial charge on any atom is 0.252 e. The highest BCUT2D eigenvalue weighted by atomic mass is 19.1. The Morgan fingerprint density at radius 2 is 1.62 bits per heavy atom. The number of nitrogens with one attached hydrogen (secondary N) is 1. The molecule has 10 heteroatoms. The molecular weight excluding hydrogens is 511 g/mol. The number of hydrogen-bond donors (Lipinski definition) is 1. The number of aromatic amines is 1. The molecule has 40 heavy (non-hydrogen) atoms. The third-order valence-electron chi connectivity index (χ3n) is 6.98. The van der Waals surface area contributed by atoms with Gasteiger partial charge in [-0.1, -0.05) is 31.2 Å². The zero-order valence-electron chi connectivity index (χ0n) is 22.7. The summed E-state index contributed by atoms with van der Waals surface area (Å²) in [5, 5.41) is 13.5. The van der Waals surface area contributed by atoms with Gasteiger partial charge in [-0.25, -0.2) is 9.07 Å². The van der Waals surface area contributed by atoms with Crippen LogP contribution in [0, 0.1) is 5.82 Å². The van der Waals surface area contributed by atoms with Crippen molar-refractivity contribution < 1.29 is 13.9 Å². The number of methoxy groups -OCH3 is 2. The minimum absolute atomic E-state index is 0.154. The molecule has 0 unspecified atom stereocenters. The average Bonchev–Trinajstić information content (AvgIpc) is 3.42. The topological polar surface area (TPSA) is 98.2 Å². The van der Waals surface area contributed by atoms with Crippen LogP contribution in [0.1, 0.15) is 41.9 Å². The highest BCUT2D eigenvalue weighted by Gasteiger charge is 2.26. The zero-order chi connectivity index (χ0) is 28.1. The van der Waals surface area contributed by atoms with E-state index in [4.69, 9.17) is 9.47 Å². The molecule has 2 heterocycles. The van der Waals surface area contributed by atoms with E-state index in [-0.39, 0.29) is 17.4 Å². The zero-order valence-corrected chi connectivity index (χ0v) is 22.7. The van der Waals surface area contributed by atoms with Crippen LogP contribution in [0.4, 0.5) is 4.39 Å². The first-order valence-corrected chi connectivity index (χ1v) is 13.0. The first kappa shape index (κ1) is 27.0. The second-order valence-electron chi connectivity index (χ2n) is 9.58. The second kappa shape index (κ2) is 12.1. The summed E-state index contributed by atoms with van der Waals surface area (Å²) in [5.41, 5.74) is 3.14. The monoisotopic (exact) mass is 542 g/mol. The number of H-pyrrole nitrogens is 1. The molecule has 206 valence electrons. The fourth-order valence-corrected chi connectivity index (χ4v) is 4.86. The van der Waals surface area contributed by atoms with Crippen LogP contribution in [0.5, 0.6) is 11.5 Å². The third-order valence-corrected chi connectivity index (χ3v) is 6.98. The summed E-state index contributed by atoms with van der Waals surface area (Å²) >= 11 is 0. The Kier molecular flexibility index (Phi) is 8.16. The largest absolute Gasteiger partial charge is 0.497 e. The molecule has 9 nitrogen and oxygen atoms in total. The van der Waals surface area contributed by atoms with E-state index in [2.05, 4.69) is 32.3 Å². The average molecular weight is 543 g/mol. The summed E-state index contributed by atoms with van der Waals surface area (Å²) in [6, 6.07) is 21.4. The molecule has 0 bridgehead atoms. The second-order valence-corrected chi connectivity index (χ2v) is 9.58. The van der Waals surface area contributed by atoms with Crippen molar-refractivity contribution >= 4 is 10.9 Å². The maximum atomic E-state index is 13.5. The summed E-state index contributed by atoms with van der Waals surface area (Å²) in [6.07, 6.45) is 0.694. The molecule has 2 aromatic heterocycles. The van der Waals surface area contributed by atoms with Gasteiger partial charge in [0.15, 0.2) is 5.82 Å². The van der Waals surface area contributed by atoms with E-state index in [1.54, 1.807) is 31.0 Å². The molecule has 5 rings (SSSR count). The fraction of sp³-hybridized carbons (Fsp3) is 0.267. The van der Waals surface area contributed by atoms with Crippen molar-refractivity contribution in [3.8, 4) is 11.5 Å². The number of ether oxygens (including phenoxy) is 2. The molecular formula is C30H31FN6O3. The lowest BCUT2D eigenvalue weighted by molar-refractivity contribution is 0.161. The molecule has 5 aromatic rings. The standard InChI is InChI=1S/C30H31FN6O3/c1-4-28(29-33-34-35-37(29)18-21-5-9-24(31)10-6-21)36(17-20-7-11-25(39-2)12-8-20)19-23-15-22-16-26(40-3)13-14-27(22)32-30(23)38/h5-16,28H,4,17-19H2,1-3H3,(H,32,38)/t28-/m0/s1. The summed E-state index contributed by atoms with van der Waals surface area (Å²) in [4.78, 5) is 18.4. The summed E-state index contributed by atoms with van der Waals surface area (Å²) in [7, 11) is 3.25. The van der Waals surface area contributed by atoms with E-state index in [1.165, 1.54) is 12.1 Å². The molecule has 0 aliphatic heterocycles. The smallest absolute Gasteiger partial charge is 0.252 e. The van der Waals surface area contributed by atoms with Crippen LogP contribution in [0.15, 0.2) is 77.6 Å². The lowest BCUT2D eigenvalue weighted by Gasteiger charge is -2.30. The van der Waals surface area contributed by atoms with Gasteiger partial charge in [0.25, 0.3) is 5.56 Å². The van der Waals surface area contributed by atoms with Gasteiger partial charge in [0.1, 0.15) is 17.3 Å². The minimum atomic E-state index is -0.295. The van der Waals surface area contributed by atoms with E-state index in [0.29, 0.717) is 43.2 Å². The first-order valence-electron chi connectivity index (χ1n) is 13.0. The van der Waals surface area contributed by atoms with Gasteiger partial charge in [-0.15, -0.1) is 5.10 Å². The van der Waals surface area contributed by atoms with Crippen molar-refractivity contribution in [2.24, 2.45) is 0 Å². The lowest BCUT2D eigenvalue weighted by atomic mass is 10.1. The molecule has 3 aromatic carbocycles. The van der Waals surface area contributed by atoms with Crippen LogP contribution in [-0.4, -0.2) is 44.3 Å². The molecule has 0 aliphatic carbocycles. The Morgan fingerprint density at radius 1 is 0.925 bits per heavy atom. The summed E-state index contributed by atoms with van der Waals surface area (Å²) in [6.45, 7) is 3.36. The van der Waals surface area contributed by atoms with Crippen LogP contribution in [0.2, 0.25) is 0 Å². The van der Waals surface area contributed by atoms with Crippen LogP contribution < -0.4 is 15.0 Å². The minimum Gasteiger partial charge on any atom is -0.497 e. The molecule has 0 aliphatic rings. The van der Waals surface area contributed by atoms with E-state index in [1.807, 2.05) is 48.5 Å². The number of nitrogens with zero attached hydrogens (tertiary/aromatic N) is 5. The number of aromatic nitrogens is 5. The Balaban J connectivity index is 1.51. The molecule has 0 saturated heterocycles. The number of halogens is 1. The van der Waals surface area contributed by atoms with Gasteiger partial charge >= 0.3 is 0 Å². The number of pyridine rings is 1. The van der Waals surface area contributed by atoms with Crippen molar-refractivity contribution in [1.29, 1.82) is 0 Å². The Hall–Kier alpha value is -4.57. The van der Waals surface area contributed by atoms with Crippen molar-refractivity contribution in [1.82, 2.24) is 30.1 Å². The quantitative estimate of drug-likeness (QED) is 0.254. The predicted molar refractivity (Wildman–Crippen MR) is 150 cm³/mol. The number of fused-ring (bicyclic) bond motifs is 1. The number of tetrazole rings is 1. The molecule has 0 spiro atoms. The molecule has 1 N–H and O–H groups in total. The van der Waals surface area contributed by atoms with Gasteiger partial charge in [0.2, 0.25) is 0 Å². The lowest BCUT2D eigenvalue weighted by Crippen LogP contribution is -2.32. The van der Waals surface area contributed by atoms with Crippen molar-refractivity contribution in [3.05, 3.63) is 111 Å². The van der Waals surface area contributed by atoms with Crippen LogP contribution >= 0.6 is 0 Å². The number of benzene rings is 3. The summed E-state index contributed by atoms with van der Waals surface area (Å²) in [5.74, 6) is 1.85. The van der Waals surface area contributed by atoms with Gasteiger partial charge in [-0.05, 0) is 76.5 Å². The maximum absolute atomic E-state index is 13.5. The van der Waals surface area contributed by atoms with Gasteiger partial charge in [0, 0.05) is 29.6 Å². The molecule has 0 fully saturated rings. The van der Waals surface area contributed by atoms with E-state index in [0.717, 1.165) is 27.8 Å². The molecule has 0 saturated carbocycles. The van der Waals surface area contributed by atoms with Crippen molar-refractivity contribution in [3.63, 3.8) is 0 Å².